The van der Waals surface area contributed by atoms with Gasteiger partial charge in [0.15, 0.2) is 0 Å². The van der Waals surface area contributed by atoms with Crippen LogP contribution >= 0.6 is 0 Å². The van der Waals surface area contributed by atoms with Crippen molar-refractivity contribution < 1.29 is 10.0 Å². The molecule has 15 heavy (non-hydrogen) atoms. The quantitative estimate of drug-likeness (QED) is 0.593. The summed E-state index contributed by atoms with van der Waals surface area (Å²) in [4.78, 5) is 10.2. The number of fused-ring (bicyclic) bond motifs is 1. The monoisotopic (exact) mass is 207 g/mol. The SMILES string of the molecule is O=[N+]([O-])c1ccc2c(c1)CCC(CO)C2. The molecule has 0 aromatic heterocycles. The number of nitro benzene ring substituents is 1. The van der Waals surface area contributed by atoms with Crippen molar-refractivity contribution in [3.63, 3.8) is 0 Å². The highest BCUT2D eigenvalue weighted by Gasteiger charge is 2.19. The third kappa shape index (κ3) is 1.99. The van der Waals surface area contributed by atoms with Crippen molar-refractivity contribution in [2.24, 2.45) is 5.92 Å². The fraction of sp³-hybridized carbons (Fsp3) is 0.455. The van der Waals surface area contributed by atoms with E-state index in [4.69, 9.17) is 5.11 Å². The van der Waals surface area contributed by atoms with Crippen LogP contribution in [0.5, 0.6) is 0 Å². The van der Waals surface area contributed by atoms with Crippen molar-refractivity contribution in [1.29, 1.82) is 0 Å². The number of non-ortho nitro benzene ring substituents is 1. The number of aliphatic hydroxyl groups is 1. The minimum Gasteiger partial charge on any atom is -0.396 e. The highest BCUT2D eigenvalue weighted by molar-refractivity contribution is 5.41. The van der Waals surface area contributed by atoms with Crippen molar-refractivity contribution in [1.82, 2.24) is 0 Å². The van der Waals surface area contributed by atoms with Crippen LogP contribution in [0.25, 0.3) is 0 Å². The van der Waals surface area contributed by atoms with Crippen LogP contribution in [0.15, 0.2) is 18.2 Å². The molecule has 1 unspecified atom stereocenters. The second-order valence-corrected chi connectivity index (χ2v) is 4.00. The Morgan fingerprint density at radius 2 is 2.27 bits per heavy atom. The summed E-state index contributed by atoms with van der Waals surface area (Å²) in [5, 5.41) is 19.6. The third-order valence-corrected chi connectivity index (χ3v) is 2.99. The summed E-state index contributed by atoms with van der Waals surface area (Å²) < 4.78 is 0. The van der Waals surface area contributed by atoms with Crippen LogP contribution in [0.1, 0.15) is 17.5 Å². The lowest BCUT2D eigenvalue weighted by Gasteiger charge is -2.22. The first-order valence-electron chi connectivity index (χ1n) is 5.07. The summed E-state index contributed by atoms with van der Waals surface area (Å²) in [7, 11) is 0. The minimum absolute atomic E-state index is 0.163. The number of hydrogen-bond donors (Lipinski definition) is 1. The van der Waals surface area contributed by atoms with E-state index in [0.29, 0.717) is 5.92 Å². The van der Waals surface area contributed by atoms with Gasteiger partial charge in [0.25, 0.3) is 5.69 Å². The second kappa shape index (κ2) is 3.98. The zero-order valence-electron chi connectivity index (χ0n) is 8.35. The van der Waals surface area contributed by atoms with Gasteiger partial charge in [0.1, 0.15) is 0 Å². The maximum atomic E-state index is 10.6. The highest BCUT2D eigenvalue weighted by Crippen LogP contribution is 2.28. The number of rotatable bonds is 2. The van der Waals surface area contributed by atoms with Gasteiger partial charge in [0, 0.05) is 18.7 Å². The smallest absolute Gasteiger partial charge is 0.269 e. The molecule has 0 fully saturated rings. The molecule has 1 aliphatic rings. The standard InChI is InChI=1S/C11H13NO3/c13-7-8-1-2-10-6-11(12(14)15)4-3-9(10)5-8/h3-4,6,8,13H,1-2,5,7H2. The van der Waals surface area contributed by atoms with Gasteiger partial charge >= 0.3 is 0 Å². The van der Waals surface area contributed by atoms with Gasteiger partial charge in [0.2, 0.25) is 0 Å². The van der Waals surface area contributed by atoms with Crippen LogP contribution in [-0.2, 0) is 12.8 Å². The summed E-state index contributed by atoms with van der Waals surface area (Å²) in [6, 6.07) is 5.01. The Kier molecular flexibility index (Phi) is 2.68. The summed E-state index contributed by atoms with van der Waals surface area (Å²) in [5.41, 5.74) is 2.37. The van der Waals surface area contributed by atoms with E-state index in [9.17, 15) is 10.1 Å². The van der Waals surface area contributed by atoms with E-state index in [-0.39, 0.29) is 17.2 Å². The average molecular weight is 207 g/mol. The molecule has 1 aromatic rings. The van der Waals surface area contributed by atoms with Crippen molar-refractivity contribution in [3.05, 3.63) is 39.4 Å². The van der Waals surface area contributed by atoms with Crippen molar-refractivity contribution in [3.8, 4) is 0 Å². The zero-order valence-corrected chi connectivity index (χ0v) is 8.35. The normalized spacial score (nSPS) is 19.7. The fourth-order valence-corrected chi connectivity index (χ4v) is 2.09. The molecular formula is C11H13NO3. The van der Waals surface area contributed by atoms with Gasteiger partial charge in [-0.3, -0.25) is 10.1 Å². The number of aryl methyl sites for hydroxylation is 1. The van der Waals surface area contributed by atoms with E-state index >= 15 is 0 Å². The van der Waals surface area contributed by atoms with E-state index in [1.165, 1.54) is 0 Å². The topological polar surface area (TPSA) is 63.4 Å². The molecule has 2 rings (SSSR count). The molecule has 0 heterocycles. The van der Waals surface area contributed by atoms with E-state index in [1.807, 2.05) is 6.07 Å². The maximum absolute atomic E-state index is 10.6. The third-order valence-electron chi connectivity index (χ3n) is 2.99. The van der Waals surface area contributed by atoms with Crippen molar-refractivity contribution in [2.45, 2.75) is 19.3 Å². The van der Waals surface area contributed by atoms with E-state index in [2.05, 4.69) is 0 Å². The first-order chi connectivity index (χ1) is 7.20. The van der Waals surface area contributed by atoms with E-state index < -0.39 is 0 Å². The summed E-state index contributed by atoms with van der Waals surface area (Å²) in [6.45, 7) is 0.205. The molecule has 0 spiro atoms. The number of aliphatic hydroxyl groups excluding tert-OH is 1. The largest absolute Gasteiger partial charge is 0.396 e. The van der Waals surface area contributed by atoms with Gasteiger partial charge in [-0.1, -0.05) is 6.07 Å². The molecule has 1 N–H and O–H groups in total. The molecular weight excluding hydrogens is 194 g/mol. The van der Waals surface area contributed by atoms with Crippen molar-refractivity contribution in [2.75, 3.05) is 6.61 Å². The summed E-state index contributed by atoms with van der Waals surface area (Å²) in [6.07, 6.45) is 2.59. The fourth-order valence-electron chi connectivity index (χ4n) is 2.09. The van der Waals surface area contributed by atoms with Gasteiger partial charge in [-0.25, -0.2) is 0 Å². The first kappa shape index (κ1) is 10.1. The maximum Gasteiger partial charge on any atom is 0.269 e. The number of nitrogens with zero attached hydrogens (tertiary/aromatic N) is 1. The van der Waals surface area contributed by atoms with Gasteiger partial charge in [-0.15, -0.1) is 0 Å². The molecule has 0 saturated heterocycles. The van der Waals surface area contributed by atoms with Crippen LogP contribution in [0.3, 0.4) is 0 Å². The van der Waals surface area contributed by atoms with Crippen molar-refractivity contribution >= 4 is 5.69 Å². The Balaban J connectivity index is 2.28. The molecule has 0 saturated carbocycles. The Hall–Kier alpha value is -1.42. The Labute approximate surface area is 87.7 Å². The Bertz CT molecular complexity index is 389. The number of benzene rings is 1. The molecule has 0 amide bonds. The van der Waals surface area contributed by atoms with Crippen LogP contribution in [0.2, 0.25) is 0 Å². The molecule has 1 aliphatic carbocycles. The lowest BCUT2D eigenvalue weighted by Crippen LogP contribution is -2.17. The zero-order chi connectivity index (χ0) is 10.8. The van der Waals surface area contributed by atoms with Gasteiger partial charge < -0.3 is 5.11 Å². The predicted molar refractivity (Wildman–Crippen MR) is 55.7 cm³/mol. The number of hydrogen-bond acceptors (Lipinski definition) is 3. The highest BCUT2D eigenvalue weighted by atomic mass is 16.6. The van der Waals surface area contributed by atoms with Gasteiger partial charge in [0.05, 0.1) is 4.92 Å². The summed E-state index contributed by atoms with van der Waals surface area (Å²) >= 11 is 0. The molecule has 80 valence electrons. The Morgan fingerprint density at radius 3 is 2.93 bits per heavy atom. The van der Waals surface area contributed by atoms with Gasteiger partial charge in [-0.05, 0) is 36.3 Å². The second-order valence-electron chi connectivity index (χ2n) is 4.00. The molecule has 0 bridgehead atoms. The van der Waals surface area contributed by atoms with E-state index in [0.717, 1.165) is 30.4 Å². The molecule has 0 radical (unpaired) electrons. The summed E-state index contributed by atoms with van der Waals surface area (Å²) in [5.74, 6) is 0.318. The number of nitro groups is 1. The first-order valence-corrected chi connectivity index (χ1v) is 5.07. The van der Waals surface area contributed by atoms with Crippen LogP contribution < -0.4 is 0 Å². The Morgan fingerprint density at radius 1 is 1.47 bits per heavy atom. The molecule has 1 aromatic carbocycles. The molecule has 0 aliphatic heterocycles. The van der Waals surface area contributed by atoms with E-state index in [1.54, 1.807) is 12.1 Å². The van der Waals surface area contributed by atoms with Gasteiger partial charge in [-0.2, -0.15) is 0 Å². The molecule has 1 atom stereocenters. The van der Waals surface area contributed by atoms with Crippen LogP contribution in [0.4, 0.5) is 5.69 Å². The van der Waals surface area contributed by atoms with Crippen LogP contribution in [0, 0.1) is 16.0 Å². The average Bonchev–Trinajstić information content (AvgIpc) is 2.27. The molecule has 4 heteroatoms. The van der Waals surface area contributed by atoms with Crippen LogP contribution in [-0.4, -0.2) is 16.6 Å². The lowest BCUT2D eigenvalue weighted by atomic mass is 9.84. The minimum atomic E-state index is -0.363. The predicted octanol–water partition coefficient (Wildman–Crippen LogP) is 1.69. The molecule has 4 nitrogen and oxygen atoms in total. The lowest BCUT2D eigenvalue weighted by molar-refractivity contribution is -0.384.